The Hall–Kier alpha value is -4.13. The number of rotatable bonds is 7. The number of nitrogens with zero attached hydrogens (tertiary/aromatic N) is 1. The molecule has 0 fully saturated rings. The van der Waals surface area contributed by atoms with Crippen molar-refractivity contribution in [2.75, 3.05) is 13.7 Å². The number of carbonyl (C=O) groups is 1. The number of amides is 1. The Morgan fingerprint density at radius 2 is 1.94 bits per heavy atom. The molecule has 4 rings (SSSR count). The number of carbonyl (C=O) groups excluding carboxylic acids is 1. The predicted molar refractivity (Wildman–Crippen MR) is 116 cm³/mol. The summed E-state index contributed by atoms with van der Waals surface area (Å²) >= 11 is 0. The number of nitrogens with one attached hydrogen (secondary N) is 1. The van der Waals surface area contributed by atoms with Gasteiger partial charge in [-0.1, -0.05) is 30.3 Å². The molecule has 2 aromatic carbocycles. The molecule has 1 amide bonds. The van der Waals surface area contributed by atoms with Gasteiger partial charge < -0.3 is 19.2 Å². The molecule has 0 radical (unpaired) electrons. The zero-order valence-corrected chi connectivity index (χ0v) is 16.8. The molecule has 31 heavy (non-hydrogen) atoms. The smallest absolute Gasteiger partial charge is 0.344 e. The van der Waals surface area contributed by atoms with E-state index in [4.69, 9.17) is 13.9 Å². The van der Waals surface area contributed by atoms with Crippen molar-refractivity contribution >= 4 is 16.9 Å². The minimum atomic E-state index is -0.458. The third kappa shape index (κ3) is 4.72. The van der Waals surface area contributed by atoms with Crippen LogP contribution in [0.3, 0.4) is 0 Å². The molecule has 0 aliphatic carbocycles. The van der Waals surface area contributed by atoms with Gasteiger partial charge in [0.25, 0.3) is 5.91 Å². The largest absolute Gasteiger partial charge is 0.493 e. The number of hydrogen-bond acceptors (Lipinski definition) is 6. The maximum Gasteiger partial charge on any atom is 0.344 e. The van der Waals surface area contributed by atoms with E-state index in [1.807, 2.05) is 24.3 Å². The minimum Gasteiger partial charge on any atom is -0.493 e. The SMILES string of the molecule is COc1cccc2cc(-c3ccc(OCC(=O)NCc4cccnc4)cc3)c(=O)oc12. The number of ether oxygens (including phenoxy) is 2. The van der Waals surface area contributed by atoms with Gasteiger partial charge in [-0.15, -0.1) is 0 Å². The van der Waals surface area contributed by atoms with E-state index in [1.54, 1.807) is 48.8 Å². The van der Waals surface area contributed by atoms with Crippen molar-refractivity contribution in [3.05, 3.63) is 89.0 Å². The lowest BCUT2D eigenvalue weighted by atomic mass is 10.1. The van der Waals surface area contributed by atoms with Crippen LogP contribution in [-0.2, 0) is 11.3 Å². The monoisotopic (exact) mass is 416 g/mol. The molecule has 7 nitrogen and oxygen atoms in total. The zero-order valence-electron chi connectivity index (χ0n) is 16.8. The summed E-state index contributed by atoms with van der Waals surface area (Å²) in [6.07, 6.45) is 3.37. The van der Waals surface area contributed by atoms with Crippen LogP contribution in [0.1, 0.15) is 5.56 Å². The van der Waals surface area contributed by atoms with Crippen molar-refractivity contribution in [1.82, 2.24) is 10.3 Å². The van der Waals surface area contributed by atoms with Gasteiger partial charge in [0.05, 0.1) is 12.7 Å². The van der Waals surface area contributed by atoms with Crippen LogP contribution >= 0.6 is 0 Å². The van der Waals surface area contributed by atoms with Crippen molar-refractivity contribution < 1.29 is 18.7 Å². The lowest BCUT2D eigenvalue weighted by molar-refractivity contribution is -0.123. The molecule has 0 saturated carbocycles. The van der Waals surface area contributed by atoms with Crippen LogP contribution in [0, 0.1) is 0 Å². The summed E-state index contributed by atoms with van der Waals surface area (Å²) < 4.78 is 16.3. The highest BCUT2D eigenvalue weighted by molar-refractivity contribution is 5.86. The number of aromatic nitrogens is 1. The first-order chi connectivity index (χ1) is 15.1. The summed E-state index contributed by atoms with van der Waals surface area (Å²) in [4.78, 5) is 28.5. The van der Waals surface area contributed by atoms with Crippen LogP contribution in [0.2, 0.25) is 0 Å². The van der Waals surface area contributed by atoms with E-state index in [0.29, 0.717) is 34.8 Å². The molecule has 156 valence electrons. The number of hydrogen-bond donors (Lipinski definition) is 1. The van der Waals surface area contributed by atoms with E-state index in [0.717, 1.165) is 10.9 Å². The summed E-state index contributed by atoms with van der Waals surface area (Å²) in [6.45, 7) is 0.273. The Kier molecular flexibility index (Phi) is 5.93. The van der Waals surface area contributed by atoms with Crippen LogP contribution in [0.15, 0.2) is 82.3 Å². The highest BCUT2D eigenvalue weighted by Crippen LogP contribution is 2.28. The van der Waals surface area contributed by atoms with E-state index in [1.165, 1.54) is 7.11 Å². The number of fused-ring (bicyclic) bond motifs is 1. The van der Waals surface area contributed by atoms with Crippen LogP contribution in [-0.4, -0.2) is 24.6 Å². The minimum absolute atomic E-state index is 0.114. The lowest BCUT2D eigenvalue weighted by Crippen LogP contribution is -2.28. The lowest BCUT2D eigenvalue weighted by Gasteiger charge is -2.09. The van der Waals surface area contributed by atoms with E-state index < -0.39 is 5.63 Å². The summed E-state index contributed by atoms with van der Waals surface area (Å²) in [5.74, 6) is 0.788. The molecular formula is C24H20N2O5. The molecule has 0 atom stereocenters. The van der Waals surface area contributed by atoms with Crippen LogP contribution in [0.4, 0.5) is 0 Å². The number of methoxy groups -OCH3 is 1. The molecule has 4 aromatic rings. The maximum atomic E-state index is 12.5. The van der Waals surface area contributed by atoms with E-state index in [9.17, 15) is 9.59 Å². The molecule has 0 aliphatic rings. The first kappa shape index (κ1) is 20.2. The second kappa shape index (κ2) is 9.13. The Morgan fingerprint density at radius 1 is 1.10 bits per heavy atom. The van der Waals surface area contributed by atoms with Crippen molar-refractivity contribution in [3.63, 3.8) is 0 Å². The molecule has 2 heterocycles. The van der Waals surface area contributed by atoms with Gasteiger partial charge in [0.1, 0.15) is 5.75 Å². The van der Waals surface area contributed by atoms with E-state index >= 15 is 0 Å². The van der Waals surface area contributed by atoms with E-state index in [2.05, 4.69) is 10.3 Å². The van der Waals surface area contributed by atoms with Crippen LogP contribution < -0.4 is 20.4 Å². The average molecular weight is 416 g/mol. The van der Waals surface area contributed by atoms with Crippen molar-refractivity contribution in [2.45, 2.75) is 6.54 Å². The molecule has 0 bridgehead atoms. The number of para-hydroxylation sites is 1. The third-order valence-electron chi connectivity index (χ3n) is 4.69. The molecule has 2 aromatic heterocycles. The van der Waals surface area contributed by atoms with Gasteiger partial charge in [0, 0.05) is 24.3 Å². The van der Waals surface area contributed by atoms with Gasteiger partial charge in [-0.25, -0.2) is 4.79 Å². The van der Waals surface area contributed by atoms with Gasteiger partial charge in [0.2, 0.25) is 0 Å². The Labute approximate surface area is 178 Å². The molecule has 7 heteroatoms. The number of benzene rings is 2. The van der Waals surface area contributed by atoms with Gasteiger partial charge in [-0.05, 0) is 41.5 Å². The van der Waals surface area contributed by atoms with Gasteiger partial charge in [0.15, 0.2) is 17.9 Å². The summed E-state index contributed by atoms with van der Waals surface area (Å²) in [5, 5.41) is 3.54. The Balaban J connectivity index is 1.42. The number of pyridine rings is 1. The topological polar surface area (TPSA) is 90.7 Å². The highest BCUT2D eigenvalue weighted by Gasteiger charge is 2.11. The van der Waals surface area contributed by atoms with Gasteiger partial charge >= 0.3 is 5.63 Å². The summed E-state index contributed by atoms with van der Waals surface area (Å²) in [6, 6.07) is 17.8. The molecule has 0 unspecified atom stereocenters. The van der Waals surface area contributed by atoms with Crippen molar-refractivity contribution in [1.29, 1.82) is 0 Å². The first-order valence-electron chi connectivity index (χ1n) is 9.64. The molecule has 1 N–H and O–H groups in total. The molecular weight excluding hydrogens is 396 g/mol. The van der Waals surface area contributed by atoms with Crippen molar-refractivity contribution in [2.24, 2.45) is 0 Å². The van der Waals surface area contributed by atoms with Crippen LogP contribution in [0.5, 0.6) is 11.5 Å². The summed E-state index contributed by atoms with van der Waals surface area (Å²) in [5.41, 5.74) is 1.98. The quantitative estimate of drug-likeness (QED) is 0.463. The van der Waals surface area contributed by atoms with Crippen molar-refractivity contribution in [3.8, 4) is 22.6 Å². The van der Waals surface area contributed by atoms with E-state index in [-0.39, 0.29) is 12.5 Å². The molecule has 0 saturated heterocycles. The first-order valence-corrected chi connectivity index (χ1v) is 9.64. The second-order valence-corrected chi connectivity index (χ2v) is 6.78. The van der Waals surface area contributed by atoms with Crippen LogP contribution in [0.25, 0.3) is 22.1 Å². The van der Waals surface area contributed by atoms with Gasteiger partial charge in [-0.2, -0.15) is 0 Å². The summed E-state index contributed by atoms with van der Waals surface area (Å²) in [7, 11) is 1.53. The predicted octanol–water partition coefficient (Wildman–Crippen LogP) is 3.56. The molecule has 0 aliphatic heterocycles. The Bertz CT molecular complexity index is 1250. The fourth-order valence-corrected chi connectivity index (χ4v) is 3.11. The normalized spacial score (nSPS) is 10.6. The fourth-order valence-electron chi connectivity index (χ4n) is 3.11. The standard InChI is InChI=1S/C24H20N2O5/c1-29-21-6-2-5-18-12-20(24(28)31-23(18)21)17-7-9-19(10-8-17)30-15-22(27)26-14-16-4-3-11-25-13-16/h2-13H,14-15H2,1H3,(H,26,27). The third-order valence-corrected chi connectivity index (χ3v) is 4.69. The second-order valence-electron chi connectivity index (χ2n) is 6.78. The Morgan fingerprint density at radius 3 is 2.68 bits per heavy atom. The molecule has 0 spiro atoms. The van der Waals surface area contributed by atoms with Gasteiger partial charge in [-0.3, -0.25) is 9.78 Å². The fraction of sp³-hybridized carbons (Fsp3) is 0.125. The zero-order chi connectivity index (χ0) is 21.6. The highest BCUT2D eigenvalue weighted by atomic mass is 16.5. The average Bonchev–Trinajstić information content (AvgIpc) is 2.81. The maximum absolute atomic E-state index is 12.5.